The zero-order valence-electron chi connectivity index (χ0n) is 14.7. The van der Waals surface area contributed by atoms with E-state index in [1.54, 1.807) is 0 Å². The maximum absolute atomic E-state index is 6.62. The number of nitrogens with one attached hydrogen (secondary N) is 2. The lowest BCUT2D eigenvalue weighted by Gasteiger charge is -2.36. The van der Waals surface area contributed by atoms with Gasteiger partial charge in [-0.05, 0) is 0 Å². The second kappa shape index (κ2) is 7.51. The number of hydrogen-bond donors (Lipinski definition) is 4. The summed E-state index contributed by atoms with van der Waals surface area (Å²) in [6.07, 6.45) is 1.00. The van der Waals surface area contributed by atoms with Gasteiger partial charge in [0.25, 0.3) is 0 Å². The van der Waals surface area contributed by atoms with Crippen LogP contribution in [0.15, 0.2) is 0 Å². The van der Waals surface area contributed by atoms with Gasteiger partial charge in [0.1, 0.15) is 0 Å². The normalized spacial score (nSPS) is 37.5. The van der Waals surface area contributed by atoms with Gasteiger partial charge in [0.2, 0.25) is 0 Å². The lowest BCUT2D eigenvalue weighted by molar-refractivity contribution is 0.0985. The first-order valence-electron chi connectivity index (χ1n) is 9.61. The summed E-state index contributed by atoms with van der Waals surface area (Å²) in [7, 11) is 0. The molecule has 138 valence electrons. The molecule has 4 rings (SSSR count). The number of hydrogen-bond acceptors (Lipinski definition) is 8. The van der Waals surface area contributed by atoms with E-state index in [0.29, 0.717) is 18.4 Å². The molecule has 24 heavy (non-hydrogen) atoms. The molecule has 4 aliphatic rings. The van der Waals surface area contributed by atoms with Crippen LogP contribution in [-0.4, -0.2) is 123 Å². The molecule has 4 unspecified atom stereocenters. The highest BCUT2D eigenvalue weighted by atomic mass is 15.5. The Morgan fingerprint density at radius 2 is 1.92 bits per heavy atom. The fourth-order valence-corrected chi connectivity index (χ4v) is 4.82. The van der Waals surface area contributed by atoms with Crippen LogP contribution >= 0.6 is 0 Å². The first kappa shape index (κ1) is 17.1. The summed E-state index contributed by atoms with van der Waals surface area (Å²) in [4.78, 5) is 10.2. The molecule has 0 radical (unpaired) electrons. The summed E-state index contributed by atoms with van der Waals surface area (Å²) < 4.78 is 0. The monoisotopic (exact) mass is 338 g/mol. The van der Waals surface area contributed by atoms with Crippen molar-refractivity contribution in [3.63, 3.8) is 0 Å². The second-order valence-corrected chi connectivity index (χ2v) is 7.75. The predicted molar refractivity (Wildman–Crippen MR) is 95.6 cm³/mol. The van der Waals surface area contributed by atoms with Gasteiger partial charge in [0, 0.05) is 90.6 Å². The van der Waals surface area contributed by atoms with Gasteiger partial charge in [-0.3, -0.25) is 24.9 Å². The summed E-state index contributed by atoms with van der Waals surface area (Å²) in [5.41, 5.74) is 12.3. The largest absolute Gasteiger partial charge is 0.329 e. The van der Waals surface area contributed by atoms with Crippen molar-refractivity contribution in [1.29, 1.82) is 0 Å². The van der Waals surface area contributed by atoms with E-state index >= 15 is 0 Å². The molecule has 4 heterocycles. The van der Waals surface area contributed by atoms with E-state index < -0.39 is 0 Å². The molecule has 6 N–H and O–H groups in total. The highest BCUT2D eigenvalue weighted by Crippen LogP contribution is 2.19. The van der Waals surface area contributed by atoms with Gasteiger partial charge in [0.15, 0.2) is 0 Å². The number of rotatable bonds is 5. The number of fused-ring (bicyclic) bond motifs is 2. The maximum Gasteiger partial charge on any atom is 0.0753 e. The molecule has 0 amide bonds. The summed E-state index contributed by atoms with van der Waals surface area (Å²) in [5.74, 6) is 0. The third-order valence-electron chi connectivity index (χ3n) is 6.24. The molecule has 0 bridgehead atoms. The lowest BCUT2D eigenvalue weighted by Crippen LogP contribution is -2.57. The minimum absolute atomic E-state index is 0.195. The number of nitrogens with zero attached hydrogens (tertiary/aromatic N) is 4. The van der Waals surface area contributed by atoms with Crippen LogP contribution < -0.4 is 22.1 Å². The second-order valence-electron chi connectivity index (χ2n) is 7.75. The maximum atomic E-state index is 6.62. The van der Waals surface area contributed by atoms with E-state index in [-0.39, 0.29) is 6.04 Å². The van der Waals surface area contributed by atoms with Crippen LogP contribution in [0.2, 0.25) is 0 Å². The Labute approximate surface area is 145 Å². The third kappa shape index (κ3) is 3.47. The molecule has 0 saturated carbocycles. The molecule has 0 spiro atoms. The molecule has 8 heteroatoms. The van der Waals surface area contributed by atoms with Crippen LogP contribution in [0.5, 0.6) is 0 Å². The first-order valence-corrected chi connectivity index (χ1v) is 9.61. The van der Waals surface area contributed by atoms with Crippen LogP contribution in [0.25, 0.3) is 0 Å². The summed E-state index contributed by atoms with van der Waals surface area (Å²) >= 11 is 0. The Hall–Kier alpha value is -0.320. The molecule has 4 aliphatic heterocycles. The van der Waals surface area contributed by atoms with Gasteiger partial charge in [-0.2, -0.15) is 0 Å². The van der Waals surface area contributed by atoms with Gasteiger partial charge in [-0.1, -0.05) is 0 Å². The summed E-state index contributed by atoms with van der Waals surface area (Å²) in [6.45, 7) is 12.9. The molecule has 0 aliphatic carbocycles. The number of piperazine rings is 2. The van der Waals surface area contributed by atoms with Gasteiger partial charge in [-0.25, -0.2) is 0 Å². The standard InChI is InChI=1S/C16H34N8/c17-1-3-21-5-6-23-11-14(20-15(23)12-21)13(18)10-24-8-7-22-4-2-19-9-16(22)24/h13-16,19-20H,1-12,17-18H2. The molecule has 4 saturated heterocycles. The van der Waals surface area contributed by atoms with Gasteiger partial charge in [0.05, 0.1) is 12.3 Å². The fourth-order valence-electron chi connectivity index (χ4n) is 4.82. The Kier molecular flexibility index (Phi) is 5.35. The molecule has 4 fully saturated rings. The first-order chi connectivity index (χ1) is 11.7. The van der Waals surface area contributed by atoms with E-state index in [2.05, 4.69) is 30.2 Å². The van der Waals surface area contributed by atoms with Crippen LogP contribution in [0, 0.1) is 0 Å². The van der Waals surface area contributed by atoms with Crippen LogP contribution in [0.3, 0.4) is 0 Å². The van der Waals surface area contributed by atoms with Crippen molar-refractivity contribution in [1.82, 2.24) is 30.2 Å². The Morgan fingerprint density at radius 1 is 1.04 bits per heavy atom. The van der Waals surface area contributed by atoms with E-state index in [4.69, 9.17) is 11.5 Å². The summed E-state index contributed by atoms with van der Waals surface area (Å²) in [5, 5.41) is 7.31. The molecule has 0 aromatic carbocycles. The topological polar surface area (TPSA) is 89.1 Å². The fraction of sp³-hybridized carbons (Fsp3) is 1.00. The van der Waals surface area contributed by atoms with Gasteiger partial charge in [-0.15, -0.1) is 0 Å². The van der Waals surface area contributed by atoms with Crippen molar-refractivity contribution in [2.45, 2.75) is 24.4 Å². The van der Waals surface area contributed by atoms with Crippen LogP contribution in [0.4, 0.5) is 0 Å². The van der Waals surface area contributed by atoms with E-state index in [1.807, 2.05) is 0 Å². The zero-order chi connectivity index (χ0) is 16.5. The van der Waals surface area contributed by atoms with Gasteiger partial charge >= 0.3 is 0 Å². The molecule has 4 atom stereocenters. The van der Waals surface area contributed by atoms with Crippen molar-refractivity contribution in [2.24, 2.45) is 11.5 Å². The average molecular weight is 339 g/mol. The van der Waals surface area contributed by atoms with E-state index in [1.165, 1.54) is 13.1 Å². The average Bonchev–Trinajstić information content (AvgIpc) is 3.19. The van der Waals surface area contributed by atoms with E-state index in [0.717, 1.165) is 65.4 Å². The summed E-state index contributed by atoms with van der Waals surface area (Å²) in [6, 6.07) is 0.596. The smallest absolute Gasteiger partial charge is 0.0753 e. The molecule has 0 aromatic rings. The lowest BCUT2D eigenvalue weighted by atomic mass is 10.1. The molecular weight excluding hydrogens is 304 g/mol. The molecular formula is C16H34N8. The third-order valence-corrected chi connectivity index (χ3v) is 6.24. The van der Waals surface area contributed by atoms with Gasteiger partial charge < -0.3 is 16.8 Å². The molecule has 0 aromatic heterocycles. The Bertz CT molecular complexity index is 421. The van der Waals surface area contributed by atoms with E-state index in [9.17, 15) is 0 Å². The molecule has 8 nitrogen and oxygen atoms in total. The van der Waals surface area contributed by atoms with Crippen LogP contribution in [0.1, 0.15) is 0 Å². The van der Waals surface area contributed by atoms with Crippen molar-refractivity contribution in [2.75, 3.05) is 78.5 Å². The minimum Gasteiger partial charge on any atom is -0.329 e. The Morgan fingerprint density at radius 3 is 2.79 bits per heavy atom. The quantitative estimate of drug-likeness (QED) is 0.415. The number of nitrogens with two attached hydrogens (primary N) is 2. The van der Waals surface area contributed by atoms with Crippen molar-refractivity contribution < 1.29 is 0 Å². The Balaban J connectivity index is 1.29. The highest BCUT2D eigenvalue weighted by molar-refractivity contribution is 4.98. The van der Waals surface area contributed by atoms with Crippen molar-refractivity contribution >= 4 is 0 Å². The predicted octanol–water partition coefficient (Wildman–Crippen LogP) is -3.27. The highest BCUT2D eigenvalue weighted by Gasteiger charge is 2.40. The van der Waals surface area contributed by atoms with Crippen LogP contribution in [-0.2, 0) is 0 Å². The van der Waals surface area contributed by atoms with Crippen molar-refractivity contribution in [3.8, 4) is 0 Å². The SMILES string of the molecule is NCCN1CCN2CC(C(N)CN3CCN4CCNCC43)NC2C1. The minimum atomic E-state index is 0.195. The van der Waals surface area contributed by atoms with Crippen molar-refractivity contribution in [3.05, 3.63) is 0 Å². The zero-order valence-corrected chi connectivity index (χ0v) is 14.7.